The van der Waals surface area contributed by atoms with E-state index >= 15 is 0 Å². The first-order valence-electron chi connectivity index (χ1n) is 13.0. The van der Waals surface area contributed by atoms with Crippen molar-refractivity contribution in [3.63, 3.8) is 0 Å². The molecule has 1 amide bonds. The molecule has 0 aromatic heterocycles. The Hall–Kier alpha value is -3.29. The lowest BCUT2D eigenvalue weighted by Gasteiger charge is -2.43. The Balaban J connectivity index is 1.66. The van der Waals surface area contributed by atoms with Crippen LogP contribution in [-0.4, -0.2) is 31.8 Å². The molecule has 3 aromatic carbocycles. The average molecular weight is 538 g/mol. The first-order valence-corrected chi connectivity index (χ1v) is 13.4. The summed E-state index contributed by atoms with van der Waals surface area (Å²) in [5, 5.41) is 10.3. The van der Waals surface area contributed by atoms with E-state index in [0.717, 1.165) is 36.8 Å². The molecule has 2 aliphatic rings. The van der Waals surface area contributed by atoms with Gasteiger partial charge in [-0.1, -0.05) is 73.3 Å². The van der Waals surface area contributed by atoms with Gasteiger partial charge in [0, 0.05) is 19.2 Å². The molecule has 8 heteroatoms. The largest absolute Gasteiger partial charge is 0.497 e. The van der Waals surface area contributed by atoms with Gasteiger partial charge in [0.2, 0.25) is 5.91 Å². The van der Waals surface area contributed by atoms with Gasteiger partial charge in [0.1, 0.15) is 23.6 Å². The number of ether oxygens (including phenoxy) is 2. The molecule has 1 fully saturated rings. The van der Waals surface area contributed by atoms with Crippen LogP contribution in [0.1, 0.15) is 55.3 Å². The lowest BCUT2D eigenvalue weighted by molar-refractivity contribution is -0.126. The minimum atomic E-state index is -1.21. The molecule has 38 heavy (non-hydrogen) atoms. The van der Waals surface area contributed by atoms with Crippen LogP contribution in [0.2, 0.25) is 5.02 Å². The Morgan fingerprint density at radius 3 is 2.26 bits per heavy atom. The second-order valence-corrected chi connectivity index (χ2v) is 10.4. The zero-order valence-corrected chi connectivity index (χ0v) is 22.4. The van der Waals surface area contributed by atoms with Gasteiger partial charge in [-0.15, -0.1) is 0 Å². The number of amides is 1. The minimum absolute atomic E-state index is 0.00446. The quantitative estimate of drug-likeness (QED) is 0.300. The number of anilines is 2. The summed E-state index contributed by atoms with van der Waals surface area (Å²) in [6.45, 7) is 0. The molecule has 1 heterocycles. The lowest BCUT2D eigenvalue weighted by atomic mass is 9.78. The van der Waals surface area contributed by atoms with Crippen molar-refractivity contribution in [2.24, 2.45) is 0 Å². The third-order valence-electron chi connectivity index (χ3n) is 7.61. The maximum Gasteiger partial charge on any atom is 0.232 e. The highest BCUT2D eigenvalue weighted by atomic mass is 35.5. The van der Waals surface area contributed by atoms with Crippen molar-refractivity contribution < 1.29 is 18.7 Å². The lowest BCUT2D eigenvalue weighted by Crippen LogP contribution is -2.58. The number of methoxy groups -OCH3 is 2. The number of rotatable bonds is 8. The number of benzene rings is 3. The Morgan fingerprint density at radius 1 is 0.974 bits per heavy atom. The van der Waals surface area contributed by atoms with E-state index in [1.54, 1.807) is 20.3 Å². The Labute approximate surface area is 227 Å². The fourth-order valence-corrected chi connectivity index (χ4v) is 5.98. The summed E-state index contributed by atoms with van der Waals surface area (Å²) in [7, 11) is 3.22. The predicted molar refractivity (Wildman–Crippen MR) is 148 cm³/mol. The van der Waals surface area contributed by atoms with Crippen LogP contribution in [0.3, 0.4) is 0 Å². The van der Waals surface area contributed by atoms with E-state index in [4.69, 9.17) is 21.1 Å². The number of halogens is 2. The van der Waals surface area contributed by atoms with E-state index in [1.807, 2.05) is 54.6 Å². The normalized spacial score (nSPS) is 20.5. The van der Waals surface area contributed by atoms with Gasteiger partial charge in [-0.3, -0.25) is 4.79 Å². The number of hydrogen-bond donors (Lipinski definition) is 3. The topological polar surface area (TPSA) is 71.6 Å². The monoisotopic (exact) mass is 537 g/mol. The average Bonchev–Trinajstić information content (AvgIpc) is 3.29. The van der Waals surface area contributed by atoms with Crippen LogP contribution in [0, 0.1) is 5.82 Å². The van der Waals surface area contributed by atoms with Crippen LogP contribution < -0.4 is 20.7 Å². The maximum atomic E-state index is 14.6. The molecule has 3 N–H and O–H groups in total. The van der Waals surface area contributed by atoms with Crippen molar-refractivity contribution in [2.45, 2.75) is 55.8 Å². The van der Waals surface area contributed by atoms with Crippen LogP contribution >= 0.6 is 11.6 Å². The first-order chi connectivity index (χ1) is 18.4. The van der Waals surface area contributed by atoms with Gasteiger partial charge in [-0.05, 0) is 42.2 Å². The van der Waals surface area contributed by atoms with Crippen molar-refractivity contribution in [3.05, 3.63) is 88.7 Å². The minimum Gasteiger partial charge on any atom is -0.497 e. The molecule has 1 saturated carbocycles. The van der Waals surface area contributed by atoms with Crippen molar-refractivity contribution in [1.29, 1.82) is 0 Å². The van der Waals surface area contributed by atoms with E-state index in [-0.39, 0.29) is 17.0 Å². The molecule has 3 atom stereocenters. The van der Waals surface area contributed by atoms with Crippen molar-refractivity contribution in [3.8, 4) is 5.75 Å². The molecule has 3 unspecified atom stereocenters. The van der Waals surface area contributed by atoms with Gasteiger partial charge in [0.05, 0.1) is 23.5 Å². The zero-order chi connectivity index (χ0) is 26.7. The number of carbonyl (C=O) groups is 1. The molecule has 0 radical (unpaired) electrons. The molecular weight excluding hydrogens is 505 g/mol. The molecule has 200 valence electrons. The van der Waals surface area contributed by atoms with E-state index in [2.05, 4.69) is 16.0 Å². The van der Waals surface area contributed by atoms with Crippen molar-refractivity contribution >= 4 is 28.9 Å². The number of fused-ring (bicyclic) bond motifs is 1. The fraction of sp³-hybridized carbons (Fsp3) is 0.367. The number of carbonyl (C=O) groups excluding carboxylic acids is 1. The van der Waals surface area contributed by atoms with Gasteiger partial charge in [0.25, 0.3) is 0 Å². The summed E-state index contributed by atoms with van der Waals surface area (Å²) in [6, 6.07) is 20.2. The molecule has 3 aromatic rings. The summed E-state index contributed by atoms with van der Waals surface area (Å²) >= 11 is 6.17. The third-order valence-corrected chi connectivity index (χ3v) is 7.90. The van der Waals surface area contributed by atoms with Crippen LogP contribution in [-0.2, 0) is 9.53 Å². The Morgan fingerprint density at radius 2 is 1.63 bits per heavy atom. The highest BCUT2D eigenvalue weighted by Crippen LogP contribution is 2.50. The molecule has 6 nitrogen and oxygen atoms in total. The van der Waals surface area contributed by atoms with E-state index in [1.165, 1.54) is 12.5 Å². The molecule has 1 aliphatic heterocycles. The molecule has 0 spiro atoms. The molecule has 0 bridgehead atoms. The first kappa shape index (κ1) is 26.3. The summed E-state index contributed by atoms with van der Waals surface area (Å²) in [5.74, 6) is -0.768. The van der Waals surface area contributed by atoms with E-state index in [9.17, 15) is 9.18 Å². The number of hydrogen-bond acceptors (Lipinski definition) is 5. The predicted octanol–water partition coefficient (Wildman–Crippen LogP) is 6.64. The zero-order valence-electron chi connectivity index (χ0n) is 21.6. The van der Waals surface area contributed by atoms with Gasteiger partial charge >= 0.3 is 0 Å². The van der Waals surface area contributed by atoms with Gasteiger partial charge < -0.3 is 25.4 Å². The van der Waals surface area contributed by atoms with Gasteiger partial charge in [0.15, 0.2) is 5.66 Å². The highest BCUT2D eigenvalue weighted by Gasteiger charge is 2.54. The highest BCUT2D eigenvalue weighted by molar-refractivity contribution is 6.31. The fourth-order valence-electron chi connectivity index (χ4n) is 5.82. The van der Waals surface area contributed by atoms with E-state index in [0.29, 0.717) is 17.1 Å². The second kappa shape index (κ2) is 11.2. The Kier molecular flexibility index (Phi) is 7.77. The van der Waals surface area contributed by atoms with Crippen LogP contribution in [0.15, 0.2) is 66.7 Å². The smallest absolute Gasteiger partial charge is 0.232 e. The molecule has 0 saturated heterocycles. The van der Waals surface area contributed by atoms with Crippen LogP contribution in [0.4, 0.5) is 15.8 Å². The summed E-state index contributed by atoms with van der Waals surface area (Å²) < 4.78 is 26.1. The van der Waals surface area contributed by atoms with Crippen molar-refractivity contribution in [1.82, 2.24) is 5.32 Å². The second-order valence-electron chi connectivity index (χ2n) is 10.0. The summed E-state index contributed by atoms with van der Waals surface area (Å²) in [4.78, 5) is 14.3. The van der Waals surface area contributed by atoms with Gasteiger partial charge in [-0.25, -0.2) is 4.39 Å². The van der Waals surface area contributed by atoms with Crippen LogP contribution in [0.5, 0.6) is 5.75 Å². The van der Waals surface area contributed by atoms with Gasteiger partial charge in [-0.2, -0.15) is 0 Å². The number of nitrogens with one attached hydrogen (secondary N) is 3. The molecular formula is C30H33ClFN3O3. The molecule has 5 rings (SSSR count). The maximum absolute atomic E-state index is 14.6. The van der Waals surface area contributed by atoms with Crippen LogP contribution in [0.25, 0.3) is 0 Å². The summed E-state index contributed by atoms with van der Waals surface area (Å²) in [6.07, 6.45) is 4.62. The molecule has 1 aliphatic carbocycles. The summed E-state index contributed by atoms with van der Waals surface area (Å²) in [5.41, 5.74) is 1.52. The Bertz CT molecular complexity index is 1230. The SMILES string of the molecule is COc1ccc(C(C(=O)NC2CCCCC2)C2(C(OC)c3ccccc3)Nc3cc(F)c(Cl)cc3N2)cc1. The van der Waals surface area contributed by atoms with Crippen molar-refractivity contribution in [2.75, 3.05) is 24.9 Å². The van der Waals surface area contributed by atoms with E-state index < -0.39 is 23.5 Å². The third kappa shape index (κ3) is 5.05. The standard InChI is InChI=1S/C30H33ClFN3O3/c1-37-22-15-13-19(14-16-22)27(29(36)33-21-11-7-4-8-12-21)30(28(38-2)20-9-5-3-6-10-20)34-25-17-23(31)24(32)18-26(25)35-30/h3,5-6,9-10,13-18,21,27-28,34-35H,4,7-8,11-12H2,1-2H3,(H,33,36).